The lowest BCUT2D eigenvalue weighted by Gasteiger charge is -2.25. The van der Waals surface area contributed by atoms with E-state index < -0.39 is 0 Å². The summed E-state index contributed by atoms with van der Waals surface area (Å²) in [6.07, 6.45) is 0.840. The molecular formula is C20H27ClN2O2S. The highest BCUT2D eigenvalue weighted by atomic mass is 35.5. The third kappa shape index (κ3) is 6.90. The molecule has 142 valence electrons. The highest BCUT2D eigenvalue weighted by Gasteiger charge is 2.21. The molecule has 2 aromatic carbocycles. The van der Waals surface area contributed by atoms with E-state index >= 15 is 0 Å². The van der Waals surface area contributed by atoms with Gasteiger partial charge < -0.3 is 15.4 Å². The Morgan fingerprint density at radius 1 is 1.12 bits per heavy atom. The predicted molar refractivity (Wildman–Crippen MR) is 111 cm³/mol. The maximum atomic E-state index is 12.8. The number of carbonyl (C=O) groups excluding carboxylic acids is 1. The Balaban J connectivity index is 0.00000338. The predicted octanol–water partition coefficient (Wildman–Crippen LogP) is 3.63. The maximum Gasteiger partial charge on any atom is 0.235 e. The van der Waals surface area contributed by atoms with E-state index in [1.165, 1.54) is 5.56 Å². The van der Waals surface area contributed by atoms with Gasteiger partial charge in [-0.1, -0.05) is 30.3 Å². The Bertz CT molecular complexity index is 653. The summed E-state index contributed by atoms with van der Waals surface area (Å²) in [5.74, 6) is 0.943. The monoisotopic (exact) mass is 394 g/mol. The lowest BCUT2D eigenvalue weighted by Crippen LogP contribution is -2.41. The number of benzene rings is 2. The van der Waals surface area contributed by atoms with E-state index in [-0.39, 0.29) is 23.6 Å². The summed E-state index contributed by atoms with van der Waals surface area (Å²) in [6, 6.07) is 18.0. The summed E-state index contributed by atoms with van der Waals surface area (Å²) in [4.78, 5) is 15.7. The highest BCUT2D eigenvalue weighted by molar-refractivity contribution is 8.00. The van der Waals surface area contributed by atoms with Crippen molar-refractivity contribution in [3.05, 3.63) is 60.2 Å². The van der Waals surface area contributed by atoms with Crippen molar-refractivity contribution >= 4 is 30.1 Å². The minimum Gasteiger partial charge on any atom is -0.497 e. The van der Waals surface area contributed by atoms with Gasteiger partial charge in [0.15, 0.2) is 0 Å². The molecule has 0 radical (unpaired) electrons. The quantitative estimate of drug-likeness (QED) is 0.660. The zero-order valence-electron chi connectivity index (χ0n) is 15.3. The number of nitrogens with two attached hydrogens (primary N) is 1. The van der Waals surface area contributed by atoms with E-state index in [0.717, 1.165) is 17.1 Å². The number of nitrogens with zero attached hydrogens (tertiary/aromatic N) is 1. The Hall–Kier alpha value is -1.69. The average Bonchev–Trinajstić information content (AvgIpc) is 2.66. The molecule has 0 aliphatic carbocycles. The van der Waals surface area contributed by atoms with Crippen LogP contribution in [-0.2, 0) is 11.2 Å². The Morgan fingerprint density at radius 3 is 2.35 bits per heavy atom. The van der Waals surface area contributed by atoms with Crippen molar-refractivity contribution in [1.82, 2.24) is 4.90 Å². The van der Waals surface area contributed by atoms with Gasteiger partial charge in [-0.3, -0.25) is 4.79 Å². The second-order valence-corrected chi connectivity index (χ2v) is 7.20. The van der Waals surface area contributed by atoms with E-state index in [1.807, 2.05) is 54.3 Å². The number of rotatable bonds is 9. The van der Waals surface area contributed by atoms with Crippen LogP contribution in [0.2, 0.25) is 0 Å². The van der Waals surface area contributed by atoms with Crippen LogP contribution in [0.4, 0.5) is 0 Å². The first-order valence-corrected chi connectivity index (χ1v) is 9.35. The number of carbonyl (C=O) groups is 1. The molecule has 6 heteroatoms. The first-order chi connectivity index (χ1) is 12.1. The number of hydrogen-bond acceptors (Lipinski definition) is 4. The number of methoxy groups -OCH3 is 1. The highest BCUT2D eigenvalue weighted by Crippen LogP contribution is 2.26. The van der Waals surface area contributed by atoms with Gasteiger partial charge in [-0.25, -0.2) is 0 Å². The van der Waals surface area contributed by atoms with Crippen LogP contribution in [0, 0.1) is 0 Å². The van der Waals surface area contributed by atoms with Crippen LogP contribution in [-0.4, -0.2) is 42.8 Å². The third-order valence-electron chi connectivity index (χ3n) is 3.94. The van der Waals surface area contributed by atoms with Crippen LogP contribution >= 0.6 is 24.2 Å². The number of halogens is 1. The van der Waals surface area contributed by atoms with Crippen molar-refractivity contribution in [1.29, 1.82) is 0 Å². The number of hydrogen-bond donors (Lipinski definition) is 1. The number of ether oxygens (including phenoxy) is 1. The van der Waals surface area contributed by atoms with Gasteiger partial charge in [-0.2, -0.15) is 0 Å². The smallest absolute Gasteiger partial charge is 0.235 e. The standard InChI is InChI=1S/C20H26N2O2S.ClH/c1-16(25-19-10-8-18(24-2)9-11-19)20(23)22(15-13-21)14-12-17-6-4-3-5-7-17;/h3-11,16H,12-15,21H2,1-2H3;1H. The molecule has 0 aromatic heterocycles. The lowest BCUT2D eigenvalue weighted by molar-refractivity contribution is -0.130. The summed E-state index contributed by atoms with van der Waals surface area (Å²) in [5, 5.41) is -0.157. The van der Waals surface area contributed by atoms with Crippen molar-refractivity contribution in [2.45, 2.75) is 23.5 Å². The molecule has 1 atom stereocenters. The Morgan fingerprint density at radius 2 is 1.77 bits per heavy atom. The summed E-state index contributed by atoms with van der Waals surface area (Å²) in [5.41, 5.74) is 6.94. The van der Waals surface area contributed by atoms with Crippen molar-refractivity contribution in [3.63, 3.8) is 0 Å². The largest absolute Gasteiger partial charge is 0.497 e. The molecule has 2 N–H and O–H groups in total. The second kappa shape index (κ2) is 11.8. The Kier molecular flexibility index (Phi) is 10.2. The molecule has 0 saturated carbocycles. The Labute approximate surface area is 166 Å². The van der Waals surface area contributed by atoms with Crippen LogP contribution in [0.1, 0.15) is 12.5 Å². The third-order valence-corrected chi connectivity index (χ3v) is 5.04. The van der Waals surface area contributed by atoms with Gasteiger partial charge in [-0.05, 0) is 43.2 Å². The molecule has 2 rings (SSSR count). The molecule has 0 fully saturated rings. The van der Waals surface area contributed by atoms with E-state index in [4.69, 9.17) is 10.5 Å². The molecule has 0 aliphatic heterocycles. The number of amides is 1. The summed E-state index contributed by atoms with van der Waals surface area (Å²) >= 11 is 1.56. The van der Waals surface area contributed by atoms with Crippen molar-refractivity contribution in [3.8, 4) is 5.75 Å². The zero-order valence-corrected chi connectivity index (χ0v) is 16.9. The molecule has 0 heterocycles. The minimum atomic E-state index is -0.157. The van der Waals surface area contributed by atoms with E-state index in [0.29, 0.717) is 19.6 Å². The van der Waals surface area contributed by atoms with Gasteiger partial charge in [0, 0.05) is 24.5 Å². The van der Waals surface area contributed by atoms with Gasteiger partial charge in [0.1, 0.15) is 5.75 Å². The fourth-order valence-electron chi connectivity index (χ4n) is 2.56. The molecular weight excluding hydrogens is 368 g/mol. The summed E-state index contributed by atoms with van der Waals surface area (Å²) in [7, 11) is 1.64. The van der Waals surface area contributed by atoms with Crippen LogP contribution in [0.25, 0.3) is 0 Å². The first-order valence-electron chi connectivity index (χ1n) is 8.47. The number of thioether (sulfide) groups is 1. The van der Waals surface area contributed by atoms with Gasteiger partial charge in [-0.15, -0.1) is 24.2 Å². The van der Waals surface area contributed by atoms with E-state index in [1.54, 1.807) is 18.9 Å². The van der Waals surface area contributed by atoms with Crippen molar-refractivity contribution in [2.24, 2.45) is 5.73 Å². The molecule has 0 spiro atoms. The maximum absolute atomic E-state index is 12.8. The molecule has 0 aliphatic rings. The van der Waals surface area contributed by atoms with Crippen LogP contribution in [0.3, 0.4) is 0 Å². The minimum absolute atomic E-state index is 0. The first kappa shape index (κ1) is 22.4. The molecule has 1 unspecified atom stereocenters. The van der Waals surface area contributed by atoms with E-state index in [2.05, 4.69) is 12.1 Å². The fraction of sp³-hybridized carbons (Fsp3) is 0.350. The molecule has 2 aromatic rings. The molecule has 1 amide bonds. The molecule has 0 saturated heterocycles. The van der Waals surface area contributed by atoms with E-state index in [9.17, 15) is 4.79 Å². The SMILES string of the molecule is COc1ccc(SC(C)C(=O)N(CCN)CCc2ccccc2)cc1.Cl. The normalized spacial score (nSPS) is 11.3. The second-order valence-electron chi connectivity index (χ2n) is 5.79. The van der Waals surface area contributed by atoms with Crippen LogP contribution in [0.15, 0.2) is 59.5 Å². The van der Waals surface area contributed by atoms with Gasteiger partial charge in [0.05, 0.1) is 12.4 Å². The van der Waals surface area contributed by atoms with Crippen LogP contribution in [0.5, 0.6) is 5.75 Å². The molecule has 0 bridgehead atoms. The zero-order chi connectivity index (χ0) is 18.1. The van der Waals surface area contributed by atoms with Gasteiger partial charge in [0.25, 0.3) is 0 Å². The van der Waals surface area contributed by atoms with Crippen LogP contribution < -0.4 is 10.5 Å². The lowest BCUT2D eigenvalue weighted by atomic mass is 10.1. The van der Waals surface area contributed by atoms with Gasteiger partial charge >= 0.3 is 0 Å². The molecule has 4 nitrogen and oxygen atoms in total. The average molecular weight is 395 g/mol. The van der Waals surface area contributed by atoms with Crippen molar-refractivity contribution < 1.29 is 9.53 Å². The topological polar surface area (TPSA) is 55.6 Å². The summed E-state index contributed by atoms with van der Waals surface area (Å²) in [6.45, 7) is 3.69. The summed E-state index contributed by atoms with van der Waals surface area (Å²) < 4.78 is 5.17. The molecule has 26 heavy (non-hydrogen) atoms. The fourth-order valence-corrected chi connectivity index (χ4v) is 3.51. The van der Waals surface area contributed by atoms with Gasteiger partial charge in [0.2, 0.25) is 5.91 Å². The van der Waals surface area contributed by atoms with Crippen molar-refractivity contribution in [2.75, 3.05) is 26.7 Å².